The molecule has 2 N–H and O–H groups in total. The van der Waals surface area contributed by atoms with Crippen molar-refractivity contribution in [1.29, 1.82) is 0 Å². The Morgan fingerprint density at radius 1 is 1.22 bits per heavy atom. The summed E-state index contributed by atoms with van der Waals surface area (Å²) in [6.45, 7) is 2.12. The standard InChI is InChI=1S/C16H15N5OS/c22-15-11-9-21(6-5-12(11)19-16(23)20-15)8-10-7-17-13-3-1-2-4-14(13)18-10/h1-4,7H,5-6,8-9H2,(H2,19,20,22,23). The Balaban J connectivity index is 1.59. The molecule has 0 spiro atoms. The molecule has 0 fully saturated rings. The quantitative estimate of drug-likeness (QED) is 0.704. The number of fused-ring (bicyclic) bond motifs is 2. The summed E-state index contributed by atoms with van der Waals surface area (Å²) in [5.41, 5.74) is 4.30. The van der Waals surface area contributed by atoms with Crippen molar-refractivity contribution >= 4 is 23.3 Å². The summed E-state index contributed by atoms with van der Waals surface area (Å²) >= 11 is 5.02. The van der Waals surface area contributed by atoms with Gasteiger partial charge in [-0.1, -0.05) is 12.1 Å². The zero-order valence-corrected chi connectivity index (χ0v) is 13.2. The number of nitrogens with one attached hydrogen (secondary N) is 2. The molecule has 1 aliphatic heterocycles. The third-order valence-corrected chi connectivity index (χ3v) is 4.28. The summed E-state index contributed by atoms with van der Waals surface area (Å²) in [5.74, 6) is 0. The summed E-state index contributed by atoms with van der Waals surface area (Å²) in [7, 11) is 0. The van der Waals surface area contributed by atoms with Crippen molar-refractivity contribution < 1.29 is 0 Å². The van der Waals surface area contributed by atoms with Crippen LogP contribution in [-0.2, 0) is 19.5 Å². The van der Waals surface area contributed by atoms with Gasteiger partial charge >= 0.3 is 0 Å². The van der Waals surface area contributed by atoms with Crippen LogP contribution in [0, 0.1) is 4.77 Å². The van der Waals surface area contributed by atoms with Crippen LogP contribution in [-0.4, -0.2) is 31.4 Å². The molecule has 0 saturated carbocycles. The molecule has 1 aliphatic rings. The highest BCUT2D eigenvalue weighted by atomic mass is 32.1. The van der Waals surface area contributed by atoms with Crippen molar-refractivity contribution in [2.24, 2.45) is 0 Å². The van der Waals surface area contributed by atoms with E-state index < -0.39 is 0 Å². The van der Waals surface area contributed by atoms with E-state index in [9.17, 15) is 4.79 Å². The molecule has 1 aromatic carbocycles. The fraction of sp³-hybridized carbons (Fsp3) is 0.250. The van der Waals surface area contributed by atoms with Crippen LogP contribution in [0.4, 0.5) is 0 Å². The molecule has 0 aliphatic carbocycles. The van der Waals surface area contributed by atoms with Crippen LogP contribution >= 0.6 is 12.2 Å². The van der Waals surface area contributed by atoms with Crippen molar-refractivity contribution in [3.63, 3.8) is 0 Å². The monoisotopic (exact) mass is 325 g/mol. The first-order valence-corrected chi connectivity index (χ1v) is 7.87. The number of para-hydroxylation sites is 2. The zero-order valence-electron chi connectivity index (χ0n) is 12.4. The highest BCUT2D eigenvalue weighted by molar-refractivity contribution is 7.71. The first kappa shape index (κ1) is 14.2. The Morgan fingerprint density at radius 2 is 2.04 bits per heavy atom. The SMILES string of the molecule is O=c1[nH]c(=S)[nH]c2c1CN(Cc1cnc3ccccc3n1)CC2. The topological polar surface area (TPSA) is 77.7 Å². The zero-order chi connectivity index (χ0) is 15.8. The smallest absolute Gasteiger partial charge is 0.256 e. The van der Waals surface area contributed by atoms with Crippen molar-refractivity contribution in [3.8, 4) is 0 Å². The predicted molar refractivity (Wildman–Crippen MR) is 89.6 cm³/mol. The van der Waals surface area contributed by atoms with Crippen LogP contribution in [0.25, 0.3) is 11.0 Å². The van der Waals surface area contributed by atoms with Gasteiger partial charge in [-0.15, -0.1) is 0 Å². The largest absolute Gasteiger partial charge is 0.335 e. The highest BCUT2D eigenvalue weighted by Gasteiger charge is 2.20. The van der Waals surface area contributed by atoms with Gasteiger partial charge in [-0.05, 0) is 24.4 Å². The third-order valence-electron chi connectivity index (χ3n) is 4.07. The molecule has 0 saturated heterocycles. The summed E-state index contributed by atoms with van der Waals surface area (Å²) in [5, 5.41) is 0. The van der Waals surface area contributed by atoms with E-state index in [-0.39, 0.29) is 5.56 Å². The lowest BCUT2D eigenvalue weighted by Gasteiger charge is -2.27. The molecular weight excluding hydrogens is 310 g/mol. The molecule has 7 heteroatoms. The second-order valence-electron chi connectivity index (χ2n) is 5.68. The lowest BCUT2D eigenvalue weighted by molar-refractivity contribution is 0.239. The Labute approximate surface area is 137 Å². The summed E-state index contributed by atoms with van der Waals surface area (Å²) < 4.78 is 0.391. The van der Waals surface area contributed by atoms with Crippen LogP contribution in [0.5, 0.6) is 0 Å². The van der Waals surface area contributed by atoms with E-state index in [1.54, 1.807) is 6.20 Å². The molecule has 4 rings (SSSR count). The molecule has 0 bridgehead atoms. The van der Waals surface area contributed by atoms with Gasteiger partial charge in [0.15, 0.2) is 4.77 Å². The van der Waals surface area contributed by atoms with Gasteiger partial charge in [-0.3, -0.25) is 19.7 Å². The lowest BCUT2D eigenvalue weighted by atomic mass is 10.1. The average Bonchev–Trinajstić information content (AvgIpc) is 2.55. The minimum atomic E-state index is -0.0990. The van der Waals surface area contributed by atoms with Crippen molar-refractivity contribution in [1.82, 2.24) is 24.8 Å². The van der Waals surface area contributed by atoms with Gasteiger partial charge in [0.1, 0.15) is 0 Å². The molecule has 2 aromatic heterocycles. The van der Waals surface area contributed by atoms with E-state index in [0.717, 1.165) is 41.0 Å². The first-order valence-electron chi connectivity index (χ1n) is 7.46. The molecule has 0 atom stereocenters. The number of aromatic nitrogens is 4. The van der Waals surface area contributed by atoms with E-state index in [0.29, 0.717) is 17.9 Å². The number of hydrogen-bond donors (Lipinski definition) is 2. The molecule has 3 heterocycles. The lowest BCUT2D eigenvalue weighted by Crippen LogP contribution is -2.35. The Bertz CT molecular complexity index is 993. The molecule has 0 unspecified atom stereocenters. The van der Waals surface area contributed by atoms with Gasteiger partial charge in [0.05, 0.1) is 28.5 Å². The number of hydrogen-bond acceptors (Lipinski definition) is 5. The maximum absolute atomic E-state index is 12.1. The van der Waals surface area contributed by atoms with Crippen molar-refractivity contribution in [2.75, 3.05) is 6.54 Å². The minimum absolute atomic E-state index is 0.0990. The van der Waals surface area contributed by atoms with Crippen molar-refractivity contribution in [3.05, 3.63) is 62.5 Å². The molecule has 6 nitrogen and oxygen atoms in total. The Morgan fingerprint density at radius 3 is 2.91 bits per heavy atom. The number of nitrogens with zero attached hydrogens (tertiary/aromatic N) is 3. The van der Waals surface area contributed by atoms with Gasteiger partial charge in [0.2, 0.25) is 0 Å². The average molecular weight is 325 g/mol. The van der Waals surface area contributed by atoms with Gasteiger partial charge in [-0.25, -0.2) is 4.98 Å². The van der Waals surface area contributed by atoms with Gasteiger partial charge < -0.3 is 4.98 Å². The molecular formula is C16H15N5OS. The fourth-order valence-corrected chi connectivity index (χ4v) is 3.16. The molecule has 116 valence electrons. The molecule has 0 radical (unpaired) electrons. The van der Waals surface area contributed by atoms with E-state index in [1.807, 2.05) is 24.3 Å². The van der Waals surface area contributed by atoms with E-state index >= 15 is 0 Å². The van der Waals surface area contributed by atoms with Crippen molar-refractivity contribution in [2.45, 2.75) is 19.5 Å². The normalized spacial score (nSPS) is 14.8. The Hall–Kier alpha value is -2.38. The minimum Gasteiger partial charge on any atom is -0.335 e. The molecule has 3 aromatic rings. The number of rotatable bonds is 2. The maximum Gasteiger partial charge on any atom is 0.256 e. The summed E-state index contributed by atoms with van der Waals surface area (Å²) in [6, 6.07) is 7.82. The van der Waals surface area contributed by atoms with Crippen LogP contribution < -0.4 is 5.56 Å². The number of H-pyrrole nitrogens is 2. The predicted octanol–water partition coefficient (Wildman–Crippen LogP) is 1.93. The van der Waals surface area contributed by atoms with E-state index in [4.69, 9.17) is 12.2 Å². The van der Waals surface area contributed by atoms with Gasteiger partial charge in [-0.2, -0.15) is 0 Å². The van der Waals surface area contributed by atoms with Gasteiger partial charge in [0.25, 0.3) is 5.56 Å². The number of benzene rings is 1. The highest BCUT2D eigenvalue weighted by Crippen LogP contribution is 2.16. The van der Waals surface area contributed by atoms with Crippen LogP contribution in [0.2, 0.25) is 0 Å². The van der Waals surface area contributed by atoms with Crippen LogP contribution in [0.3, 0.4) is 0 Å². The Kier molecular flexibility index (Phi) is 3.51. The first-order chi connectivity index (χ1) is 11.2. The second kappa shape index (κ2) is 5.68. The molecule has 0 amide bonds. The van der Waals surface area contributed by atoms with Gasteiger partial charge in [0, 0.05) is 31.7 Å². The van der Waals surface area contributed by atoms with Crippen LogP contribution in [0.1, 0.15) is 17.0 Å². The van der Waals surface area contributed by atoms with E-state index in [2.05, 4.69) is 24.8 Å². The molecule has 23 heavy (non-hydrogen) atoms. The maximum atomic E-state index is 12.1. The van der Waals surface area contributed by atoms with E-state index in [1.165, 1.54) is 0 Å². The van der Waals surface area contributed by atoms with Crippen LogP contribution in [0.15, 0.2) is 35.3 Å². The number of aromatic amines is 2. The second-order valence-corrected chi connectivity index (χ2v) is 6.08. The third kappa shape index (κ3) is 2.80. The summed E-state index contributed by atoms with van der Waals surface area (Å²) in [4.78, 5) is 29.1. The fourth-order valence-electron chi connectivity index (χ4n) is 2.95. The summed E-state index contributed by atoms with van der Waals surface area (Å²) in [6.07, 6.45) is 2.59.